The highest BCUT2D eigenvalue weighted by atomic mass is 19.4. The summed E-state index contributed by atoms with van der Waals surface area (Å²) in [5.74, 6) is -6.22. The van der Waals surface area contributed by atoms with Gasteiger partial charge in [-0.15, -0.1) is 0 Å². The Balaban J connectivity index is 0.000000201. The van der Waals surface area contributed by atoms with Crippen LogP contribution in [0, 0.1) is 40.2 Å². The van der Waals surface area contributed by atoms with E-state index in [9.17, 15) is 69.0 Å². The van der Waals surface area contributed by atoms with Crippen LogP contribution in [0.4, 0.5) is 46.5 Å². The monoisotopic (exact) mass is 947 g/mol. The lowest BCUT2D eigenvalue weighted by atomic mass is 9.65. The van der Waals surface area contributed by atoms with E-state index in [4.69, 9.17) is 10.5 Å². The lowest BCUT2D eigenvalue weighted by Crippen LogP contribution is -2.73. The highest BCUT2D eigenvalue weighted by Crippen LogP contribution is 2.48. The number of aliphatic carboxylic acids is 1. The summed E-state index contributed by atoms with van der Waals surface area (Å²) in [6.45, 7) is -1.39. The maximum atomic E-state index is 14.6. The molecule has 0 radical (unpaired) electrons. The van der Waals surface area contributed by atoms with Crippen LogP contribution in [0.25, 0.3) is 0 Å². The van der Waals surface area contributed by atoms with Gasteiger partial charge < -0.3 is 14.9 Å². The molecule has 4 aromatic rings. The Morgan fingerprint density at radius 3 is 1.35 bits per heavy atom. The Hall–Kier alpha value is -7.97. The van der Waals surface area contributed by atoms with Crippen molar-refractivity contribution in [3.8, 4) is 12.1 Å². The molecule has 4 amide bonds. The summed E-state index contributed by atoms with van der Waals surface area (Å²) in [5.41, 5.74) is -4.37. The molecule has 2 spiro atoms. The molecular formula is C46H33F8N7O7. The maximum Gasteiger partial charge on any atom is 0.416 e. The first kappa shape index (κ1) is 48.0. The predicted octanol–water partition coefficient (Wildman–Crippen LogP) is 6.65. The molecule has 2 heterocycles. The molecular weight excluding hydrogens is 915 g/mol. The van der Waals surface area contributed by atoms with Crippen molar-refractivity contribution in [1.82, 2.24) is 9.80 Å². The topological polar surface area (TPSA) is 196 Å². The van der Waals surface area contributed by atoms with Gasteiger partial charge in [0.2, 0.25) is 17.9 Å². The van der Waals surface area contributed by atoms with Crippen molar-refractivity contribution in [1.29, 1.82) is 10.5 Å². The van der Waals surface area contributed by atoms with E-state index in [2.05, 4.69) is 4.99 Å². The Bertz CT molecular complexity index is 2660. The number of carboxylic acid groups (broad SMARTS) is 1. The zero-order valence-electron chi connectivity index (χ0n) is 34.9. The average molecular weight is 948 g/mol. The number of piperazine rings is 2. The van der Waals surface area contributed by atoms with Crippen LogP contribution in [0.2, 0.25) is 0 Å². The van der Waals surface area contributed by atoms with Crippen LogP contribution in [-0.4, -0.2) is 80.8 Å². The van der Waals surface area contributed by atoms with Gasteiger partial charge in [0.05, 0.1) is 57.7 Å². The second-order valence-corrected chi connectivity index (χ2v) is 16.5. The van der Waals surface area contributed by atoms with Crippen molar-refractivity contribution in [2.75, 3.05) is 22.9 Å². The summed E-state index contributed by atoms with van der Waals surface area (Å²) in [4.78, 5) is 83.3. The SMILES string of the molecule is N#Cc1ccc(N2CC(=O)N(Cc3ccc(C(F)(F)F)cc3)C3(CC(C(=O)O)C3)C2=O)c(F)c1.N#Cc1ccc(N2CC(=O)N(Cc3ccc(C(F)(F)F)cc3)C3(CC(N=C=O)C3)C2=O)c(F)c1. The van der Waals surface area contributed by atoms with Crippen molar-refractivity contribution >= 4 is 47.1 Å². The van der Waals surface area contributed by atoms with E-state index >= 15 is 0 Å². The Morgan fingerprint density at radius 1 is 0.647 bits per heavy atom. The number of hydrogen-bond donors (Lipinski definition) is 1. The number of carboxylic acids is 1. The second kappa shape index (κ2) is 18.0. The lowest BCUT2D eigenvalue weighted by molar-refractivity contribution is -0.169. The molecule has 0 atom stereocenters. The number of hydrogen-bond acceptors (Lipinski definition) is 9. The van der Waals surface area contributed by atoms with E-state index in [1.54, 1.807) is 12.1 Å². The fraction of sp³-hybridized carbons (Fsp3) is 0.304. The average Bonchev–Trinajstić information content (AvgIpc) is 3.26. The number of isocyanates is 1. The minimum atomic E-state index is -4.54. The summed E-state index contributed by atoms with van der Waals surface area (Å²) in [6.07, 6.45) is -8.07. The fourth-order valence-corrected chi connectivity index (χ4v) is 8.82. The highest BCUT2D eigenvalue weighted by Gasteiger charge is 2.62. The number of aliphatic imine (C=N–C) groups is 1. The number of halogens is 8. The lowest BCUT2D eigenvalue weighted by Gasteiger charge is -2.56. The Morgan fingerprint density at radius 2 is 1.03 bits per heavy atom. The first-order chi connectivity index (χ1) is 32.0. The van der Waals surface area contributed by atoms with Crippen LogP contribution >= 0.6 is 0 Å². The van der Waals surface area contributed by atoms with Crippen LogP contribution in [0.3, 0.4) is 0 Å². The van der Waals surface area contributed by atoms with Crippen molar-refractivity contribution in [3.05, 3.63) is 130 Å². The molecule has 0 bridgehead atoms. The predicted molar refractivity (Wildman–Crippen MR) is 218 cm³/mol. The van der Waals surface area contributed by atoms with E-state index < -0.39 is 101 Å². The van der Waals surface area contributed by atoms with Gasteiger partial charge in [-0.25, -0.2) is 18.6 Å². The van der Waals surface area contributed by atoms with Gasteiger partial charge in [0.15, 0.2) is 0 Å². The van der Waals surface area contributed by atoms with Crippen LogP contribution in [-0.2, 0) is 54.2 Å². The third kappa shape index (κ3) is 8.97. The zero-order chi connectivity index (χ0) is 49.5. The number of benzene rings is 4. The molecule has 350 valence electrons. The van der Waals surface area contributed by atoms with Gasteiger partial charge in [-0.2, -0.15) is 36.9 Å². The maximum absolute atomic E-state index is 14.6. The first-order valence-corrected chi connectivity index (χ1v) is 20.3. The van der Waals surface area contributed by atoms with Gasteiger partial charge in [0.25, 0.3) is 11.8 Å². The Kier molecular flexibility index (Phi) is 12.7. The quantitative estimate of drug-likeness (QED) is 0.114. The van der Waals surface area contributed by atoms with Crippen LogP contribution in [0.1, 0.15) is 59.1 Å². The van der Waals surface area contributed by atoms with E-state index in [0.717, 1.165) is 46.2 Å². The molecule has 4 aromatic carbocycles. The summed E-state index contributed by atoms with van der Waals surface area (Å²) >= 11 is 0. The second-order valence-electron chi connectivity index (χ2n) is 16.5. The van der Waals surface area contributed by atoms with Gasteiger partial charge in [0.1, 0.15) is 35.8 Å². The first-order valence-electron chi connectivity index (χ1n) is 20.3. The van der Waals surface area contributed by atoms with E-state index in [-0.39, 0.29) is 61.3 Å². The van der Waals surface area contributed by atoms with Crippen molar-refractivity contribution in [2.24, 2.45) is 10.9 Å². The molecule has 4 fully saturated rings. The molecule has 22 heteroatoms. The molecule has 2 saturated heterocycles. The standard InChI is InChI=1S/C23H16F4N4O3.C23H17F4N3O4/c24-18-7-15(10-28)3-6-19(18)30-12-20(33)31(22(21(30)34)8-17(9-22)29-13-32)11-14-1-4-16(5-2-14)23(25,26)27;24-17-7-14(10-28)3-6-18(17)29-12-19(31)30(22(21(29)34)8-15(9-22)20(32)33)11-13-1-4-16(5-2-13)23(25,26)27/h1-7,17H,8-9,11-12H2;1-7,15H,8-9,11-12H2,(H,32,33). The minimum Gasteiger partial charge on any atom is -0.481 e. The van der Waals surface area contributed by atoms with Crippen LogP contribution in [0.5, 0.6) is 0 Å². The third-order valence-corrected chi connectivity index (χ3v) is 12.4. The smallest absolute Gasteiger partial charge is 0.416 e. The molecule has 2 aliphatic carbocycles. The third-order valence-electron chi connectivity index (χ3n) is 12.4. The van der Waals surface area contributed by atoms with Gasteiger partial charge >= 0.3 is 18.3 Å². The number of nitriles is 2. The number of anilines is 2. The number of carbonyl (C=O) groups is 5. The van der Waals surface area contributed by atoms with Crippen molar-refractivity contribution in [2.45, 2.75) is 68.2 Å². The number of alkyl halides is 6. The number of nitrogens with zero attached hydrogens (tertiary/aromatic N) is 7. The zero-order valence-corrected chi connectivity index (χ0v) is 34.9. The molecule has 14 nitrogen and oxygen atoms in total. The molecule has 0 unspecified atom stereocenters. The molecule has 1 N–H and O–H groups in total. The van der Waals surface area contributed by atoms with E-state index in [1.165, 1.54) is 64.4 Å². The number of carbonyl (C=O) groups excluding carboxylic acids is 5. The summed E-state index contributed by atoms with van der Waals surface area (Å²) in [5, 5.41) is 27.2. The number of rotatable bonds is 8. The van der Waals surface area contributed by atoms with Crippen LogP contribution < -0.4 is 9.80 Å². The highest BCUT2D eigenvalue weighted by molar-refractivity contribution is 6.11. The normalized spacial score (nSPS) is 22.4. The molecule has 8 rings (SSSR count). The van der Waals surface area contributed by atoms with E-state index in [0.29, 0.717) is 11.1 Å². The molecule has 2 saturated carbocycles. The van der Waals surface area contributed by atoms with Gasteiger partial charge in [0, 0.05) is 25.9 Å². The molecule has 4 aliphatic rings. The minimum absolute atomic E-state index is 0.0121. The van der Waals surface area contributed by atoms with Gasteiger partial charge in [-0.05, 0) is 84.6 Å². The largest absolute Gasteiger partial charge is 0.481 e. The van der Waals surface area contributed by atoms with Gasteiger partial charge in [-0.1, -0.05) is 24.3 Å². The summed E-state index contributed by atoms with van der Waals surface area (Å²) in [6, 6.07) is 18.2. The number of amides is 4. The fourth-order valence-electron chi connectivity index (χ4n) is 8.82. The molecule has 2 aliphatic heterocycles. The summed E-state index contributed by atoms with van der Waals surface area (Å²) in [7, 11) is 0. The van der Waals surface area contributed by atoms with Crippen LogP contribution in [0.15, 0.2) is 89.9 Å². The van der Waals surface area contributed by atoms with E-state index in [1.807, 2.05) is 0 Å². The van der Waals surface area contributed by atoms with Crippen molar-refractivity contribution < 1.29 is 69.0 Å². The molecule has 68 heavy (non-hydrogen) atoms. The Labute approximate surface area is 379 Å². The molecule has 0 aromatic heterocycles. The summed E-state index contributed by atoms with van der Waals surface area (Å²) < 4.78 is 106. The van der Waals surface area contributed by atoms with Gasteiger partial charge in [-0.3, -0.25) is 33.8 Å². The van der Waals surface area contributed by atoms with Crippen molar-refractivity contribution in [3.63, 3.8) is 0 Å².